The third-order valence-electron chi connectivity index (χ3n) is 1.71. The summed E-state index contributed by atoms with van der Waals surface area (Å²) in [5.41, 5.74) is 0. The minimum absolute atomic E-state index is 0.290. The minimum Gasteiger partial charge on any atom is -0.278 e. The Morgan fingerprint density at radius 3 is 3.00 bits per heavy atom. The second-order valence-corrected chi connectivity index (χ2v) is 4.42. The van der Waals surface area contributed by atoms with Crippen LogP contribution in [0.3, 0.4) is 0 Å². The molecule has 58 valence electrons. The fraction of sp³-hybridized carbons (Fsp3) is 0.833. The molecular weight excluding hydrogens is 261 g/mol. The van der Waals surface area contributed by atoms with Crippen LogP contribution in [0, 0.1) is 5.92 Å². The van der Waals surface area contributed by atoms with Gasteiger partial charge in [0.15, 0.2) is 0 Å². The van der Waals surface area contributed by atoms with Crippen LogP contribution in [-0.4, -0.2) is 16.8 Å². The summed E-state index contributed by atoms with van der Waals surface area (Å²) in [5, 5.41) is 0. The van der Waals surface area contributed by atoms with Crippen molar-refractivity contribution in [2.75, 3.05) is 6.54 Å². The minimum atomic E-state index is 0.290. The van der Waals surface area contributed by atoms with Crippen molar-refractivity contribution in [1.29, 1.82) is 0 Å². The van der Waals surface area contributed by atoms with Gasteiger partial charge in [-0.2, -0.15) is 0 Å². The number of carbonyl (C=O) groups excluding carboxylic acids is 1. The normalized spacial score (nSPS) is 27.2. The molecule has 1 saturated heterocycles. The average Bonchev–Trinajstić information content (AvgIpc) is 1.88. The molecule has 1 rings (SSSR count). The van der Waals surface area contributed by atoms with E-state index in [1.807, 2.05) is 4.31 Å². The van der Waals surface area contributed by atoms with Crippen LogP contribution in [0.2, 0.25) is 0 Å². The molecule has 0 N–H and O–H groups in total. The number of hydrogen-bond donors (Lipinski definition) is 0. The molecule has 0 aliphatic carbocycles. The lowest BCUT2D eigenvalue weighted by Gasteiger charge is -2.26. The first-order valence-electron chi connectivity index (χ1n) is 3.33. The zero-order valence-electron chi connectivity index (χ0n) is 5.84. The maximum Gasteiger partial charge on any atom is 0.233 e. The van der Waals surface area contributed by atoms with Crippen LogP contribution < -0.4 is 0 Å². The van der Waals surface area contributed by atoms with Gasteiger partial charge in [-0.3, -0.25) is 9.10 Å². The Labute approximate surface area is 77.4 Å². The van der Waals surface area contributed by atoms with Gasteiger partial charge in [-0.15, -0.1) is 0 Å². The monoisotopic (exact) mass is 271 g/mol. The van der Waals surface area contributed by atoms with E-state index >= 15 is 0 Å². The predicted octanol–water partition coefficient (Wildman–Crippen LogP) is 2.24. The largest absolute Gasteiger partial charge is 0.278 e. The van der Waals surface area contributed by atoms with Crippen LogP contribution in [0.25, 0.3) is 0 Å². The second-order valence-electron chi connectivity index (χ2n) is 2.66. The Hall–Kier alpha value is 0.550. The maximum absolute atomic E-state index is 11.1. The summed E-state index contributed by atoms with van der Waals surface area (Å²) in [4.78, 5) is 11.1. The molecule has 1 amide bonds. The van der Waals surface area contributed by atoms with Gasteiger partial charge in [0.1, 0.15) is 0 Å². The second kappa shape index (κ2) is 3.80. The highest BCUT2D eigenvalue weighted by atomic mass is 127. The van der Waals surface area contributed by atoms with Gasteiger partial charge in [0.05, 0.1) is 0 Å². The zero-order chi connectivity index (χ0) is 7.56. The third kappa shape index (κ3) is 2.02. The van der Waals surface area contributed by atoms with Crippen molar-refractivity contribution in [3.05, 3.63) is 0 Å². The van der Waals surface area contributed by atoms with Crippen LogP contribution in [0.4, 0.5) is 0 Å². The molecule has 0 radical (unpaired) electrons. The summed E-state index contributed by atoms with van der Waals surface area (Å²) in [6.07, 6.45) is 1.89. The van der Waals surface area contributed by atoms with Gasteiger partial charge < -0.3 is 0 Å². The fourth-order valence-electron chi connectivity index (χ4n) is 1.04. The Morgan fingerprint density at radius 1 is 1.80 bits per heavy atom. The number of piperidine rings is 1. The Balaban J connectivity index is 2.43. The van der Waals surface area contributed by atoms with Crippen molar-refractivity contribution in [3.8, 4) is 0 Å². The lowest BCUT2D eigenvalue weighted by Crippen LogP contribution is -2.31. The van der Waals surface area contributed by atoms with Crippen LogP contribution in [0.1, 0.15) is 19.8 Å². The lowest BCUT2D eigenvalue weighted by atomic mass is 10.0. The quantitative estimate of drug-likeness (QED) is 0.538. The molecule has 0 aromatic rings. The van der Waals surface area contributed by atoms with E-state index in [1.54, 1.807) is 0 Å². The number of hydrogen-bond acceptors (Lipinski definition) is 2. The SMILES string of the molecule is CC1CCN(SI)C(=O)C1. The highest BCUT2D eigenvalue weighted by molar-refractivity contribution is 14.2. The Bertz CT molecular complexity index is 142. The molecule has 0 saturated carbocycles. The van der Waals surface area contributed by atoms with E-state index in [1.165, 1.54) is 9.12 Å². The first-order chi connectivity index (χ1) is 4.74. The first kappa shape index (κ1) is 8.64. The summed E-state index contributed by atoms with van der Waals surface area (Å²) < 4.78 is 1.83. The van der Waals surface area contributed by atoms with Crippen LogP contribution in [-0.2, 0) is 4.79 Å². The van der Waals surface area contributed by atoms with Crippen molar-refractivity contribution in [2.24, 2.45) is 5.92 Å². The van der Waals surface area contributed by atoms with Gasteiger partial charge in [0.2, 0.25) is 5.91 Å². The molecular formula is C6H10INOS. The van der Waals surface area contributed by atoms with Gasteiger partial charge in [0.25, 0.3) is 0 Å². The van der Waals surface area contributed by atoms with E-state index in [0.717, 1.165) is 19.4 Å². The molecule has 2 nitrogen and oxygen atoms in total. The van der Waals surface area contributed by atoms with E-state index in [-0.39, 0.29) is 5.91 Å². The van der Waals surface area contributed by atoms with Gasteiger partial charge in [-0.25, -0.2) is 0 Å². The predicted molar refractivity (Wildman–Crippen MR) is 51.7 cm³/mol. The van der Waals surface area contributed by atoms with Crippen LogP contribution >= 0.6 is 30.3 Å². The van der Waals surface area contributed by atoms with Crippen LogP contribution in [0.5, 0.6) is 0 Å². The van der Waals surface area contributed by atoms with Gasteiger partial charge in [-0.05, 0) is 12.3 Å². The highest BCUT2D eigenvalue weighted by Gasteiger charge is 2.22. The van der Waals surface area contributed by atoms with E-state index in [0.29, 0.717) is 5.92 Å². The molecule has 1 unspecified atom stereocenters. The van der Waals surface area contributed by atoms with Crippen molar-refractivity contribution in [2.45, 2.75) is 19.8 Å². The summed E-state index contributed by atoms with van der Waals surface area (Å²) in [7, 11) is 1.51. The van der Waals surface area contributed by atoms with E-state index in [4.69, 9.17) is 0 Å². The highest BCUT2D eigenvalue weighted by Crippen LogP contribution is 2.26. The van der Waals surface area contributed by atoms with Gasteiger partial charge in [-0.1, -0.05) is 6.92 Å². The van der Waals surface area contributed by atoms with Crippen molar-refractivity contribution in [3.63, 3.8) is 0 Å². The summed E-state index contributed by atoms with van der Waals surface area (Å²) in [6, 6.07) is 0. The molecule has 0 aromatic carbocycles. The zero-order valence-corrected chi connectivity index (χ0v) is 8.81. The summed E-state index contributed by atoms with van der Waals surface area (Å²) in [6.45, 7) is 3.06. The van der Waals surface area contributed by atoms with Crippen LogP contribution in [0.15, 0.2) is 0 Å². The number of rotatable bonds is 1. The van der Waals surface area contributed by atoms with Crippen molar-refractivity contribution >= 4 is 36.2 Å². The molecule has 1 heterocycles. The summed E-state index contributed by atoms with van der Waals surface area (Å²) in [5.74, 6) is 0.880. The Kier molecular flexibility index (Phi) is 3.29. The standard InChI is InChI=1S/C6H10INOS/c1-5-2-3-8(10-7)6(9)4-5/h5H,2-4H2,1H3. The molecule has 0 spiro atoms. The molecule has 0 bridgehead atoms. The number of halogens is 1. The summed E-state index contributed by atoms with van der Waals surface area (Å²) >= 11 is 2.15. The van der Waals surface area contributed by atoms with Gasteiger partial charge >= 0.3 is 0 Å². The number of carbonyl (C=O) groups is 1. The van der Waals surface area contributed by atoms with E-state index < -0.39 is 0 Å². The molecule has 1 fully saturated rings. The third-order valence-corrected chi connectivity index (χ3v) is 3.69. The Morgan fingerprint density at radius 2 is 2.50 bits per heavy atom. The average molecular weight is 271 g/mol. The maximum atomic E-state index is 11.1. The molecule has 1 aliphatic rings. The first-order valence-corrected chi connectivity index (χ1v) is 6.64. The van der Waals surface area contributed by atoms with Crippen molar-refractivity contribution < 1.29 is 4.79 Å². The smallest absolute Gasteiger partial charge is 0.233 e. The van der Waals surface area contributed by atoms with Crippen molar-refractivity contribution in [1.82, 2.24) is 4.31 Å². The van der Waals surface area contributed by atoms with E-state index in [9.17, 15) is 4.79 Å². The molecule has 0 aromatic heterocycles. The fourth-order valence-corrected chi connectivity index (χ4v) is 2.61. The van der Waals surface area contributed by atoms with Gasteiger partial charge in [0, 0.05) is 43.3 Å². The van der Waals surface area contributed by atoms with E-state index in [2.05, 4.69) is 28.1 Å². The molecule has 10 heavy (non-hydrogen) atoms. The molecule has 1 aliphatic heterocycles. The number of nitrogens with zero attached hydrogens (tertiary/aromatic N) is 1. The molecule has 1 atom stereocenters. The number of amides is 1. The molecule has 4 heteroatoms. The topological polar surface area (TPSA) is 20.3 Å². The lowest BCUT2D eigenvalue weighted by molar-refractivity contribution is -0.128.